The molecule has 0 bridgehead atoms. The summed E-state index contributed by atoms with van der Waals surface area (Å²) in [6, 6.07) is -1.67. The van der Waals surface area contributed by atoms with Gasteiger partial charge in [0, 0.05) is 0 Å². The van der Waals surface area contributed by atoms with Crippen LogP contribution >= 0.6 is 0 Å². The summed E-state index contributed by atoms with van der Waals surface area (Å²) in [6.07, 6.45) is 1.83. The van der Waals surface area contributed by atoms with Crippen molar-refractivity contribution in [2.75, 3.05) is 0 Å². The third-order valence-corrected chi connectivity index (χ3v) is 0.0962. The zero-order valence-corrected chi connectivity index (χ0v) is 9.68. The third-order valence-electron chi connectivity index (χ3n) is 0.0962. The molecule has 0 aromatic rings. The van der Waals surface area contributed by atoms with Gasteiger partial charge in [0.1, 0.15) is 6.29 Å². The number of carbonyl (C=O) groups excluding carboxylic acids is 3. The van der Waals surface area contributed by atoms with Gasteiger partial charge in [0.2, 0.25) is 0 Å². The number of amides is 4. The maximum absolute atomic E-state index is 9.06. The summed E-state index contributed by atoms with van der Waals surface area (Å²) in [5.41, 5.74) is 17.0. The molecule has 0 aromatic carbocycles. The lowest BCUT2D eigenvalue weighted by atomic mass is 10.8. The van der Waals surface area contributed by atoms with Gasteiger partial charge in [0.25, 0.3) is 0 Å². The van der Waals surface area contributed by atoms with Crippen molar-refractivity contribution in [1.29, 1.82) is 0 Å². The molecule has 102 valence electrons. The Balaban J connectivity index is -0.0000000667. The average molecular weight is 272 g/mol. The Labute approximate surface area is 97.4 Å². The minimum absolute atomic E-state index is 0.639. The molecule has 0 aliphatic rings. The topological polar surface area (TPSA) is 236 Å². The number of nitrogens with two attached hydrogens (primary N) is 4. The molecule has 0 aliphatic carbocycles. The Hall–Kier alpha value is -1.99. The van der Waals surface area contributed by atoms with Crippen LogP contribution in [0.3, 0.4) is 0 Å². The molecule has 0 spiro atoms. The molecule has 11 nitrogen and oxygen atoms in total. The van der Waals surface area contributed by atoms with Gasteiger partial charge in [-0.25, -0.2) is 9.59 Å². The van der Waals surface area contributed by atoms with Crippen molar-refractivity contribution in [3.8, 4) is 0 Å². The first-order valence-electron chi connectivity index (χ1n) is 3.43. The van der Waals surface area contributed by atoms with Crippen LogP contribution in [0.1, 0.15) is 0 Å². The largest absolute Gasteiger partial charge is 0.668 e. The Morgan fingerprint density at radius 1 is 0.941 bits per heavy atom. The zero-order chi connectivity index (χ0) is 15.1. The smallest absolute Gasteiger partial charge is 0.368 e. The summed E-state index contributed by atoms with van der Waals surface area (Å²) >= 11 is 0. The zero-order valence-electron chi connectivity index (χ0n) is 8.68. The van der Waals surface area contributed by atoms with E-state index in [0.717, 1.165) is 0 Å². The molecule has 0 aromatic heterocycles. The number of rotatable bonds is 1. The standard InChI is InChI=1S/C3H4O.2CH4N2O.H4O4Si/c1-2-3-4;2*2-1(3)4;1-5(2,3)4/h2-3H,1H2;2*(H4,2,3,4);1-4H. The Bertz CT molecular complexity index is 197. The van der Waals surface area contributed by atoms with Crippen LogP contribution in [-0.2, 0) is 4.79 Å². The van der Waals surface area contributed by atoms with E-state index in [2.05, 4.69) is 29.5 Å². The molecule has 12 N–H and O–H groups in total. The lowest BCUT2D eigenvalue weighted by Gasteiger charge is -1.91. The van der Waals surface area contributed by atoms with E-state index in [9.17, 15) is 0 Å². The molecule has 0 radical (unpaired) electrons. The first-order valence-corrected chi connectivity index (χ1v) is 5.22. The van der Waals surface area contributed by atoms with E-state index in [-0.39, 0.29) is 0 Å². The van der Waals surface area contributed by atoms with Gasteiger partial charge in [-0.3, -0.25) is 4.79 Å². The molecule has 0 fully saturated rings. The van der Waals surface area contributed by atoms with Crippen LogP contribution < -0.4 is 22.9 Å². The number of hydrogen-bond donors (Lipinski definition) is 8. The predicted molar refractivity (Wildman–Crippen MR) is 58.4 cm³/mol. The van der Waals surface area contributed by atoms with Crippen LogP contribution in [0.2, 0.25) is 0 Å². The van der Waals surface area contributed by atoms with E-state index in [4.69, 9.17) is 33.6 Å². The molecule has 0 heterocycles. The lowest BCUT2D eigenvalue weighted by Crippen LogP contribution is -2.33. The quantitative estimate of drug-likeness (QED) is 0.133. The first kappa shape index (κ1) is 24.3. The molecular formula is C5H16N4O7Si. The highest BCUT2D eigenvalue weighted by Gasteiger charge is 2.22. The van der Waals surface area contributed by atoms with Crippen LogP contribution in [0.25, 0.3) is 0 Å². The number of hydrogen-bond acceptors (Lipinski definition) is 7. The molecule has 0 rings (SSSR count). The van der Waals surface area contributed by atoms with Crippen LogP contribution in [-0.4, -0.2) is 46.6 Å². The number of allylic oxidation sites excluding steroid dienone is 1. The highest BCUT2D eigenvalue weighted by atomic mass is 28.4. The number of carbonyl (C=O) groups is 3. The summed E-state index contributed by atoms with van der Waals surface area (Å²) in [5.74, 6) is 0. The molecule has 12 heteroatoms. The molecule has 0 saturated carbocycles. The van der Waals surface area contributed by atoms with Crippen molar-refractivity contribution >= 4 is 27.4 Å². The minimum atomic E-state index is -4.61. The summed E-state index contributed by atoms with van der Waals surface area (Å²) in [5, 5.41) is 0. The number of primary amides is 4. The Kier molecular flexibility index (Phi) is 23.5. The molecule has 4 amide bonds. The van der Waals surface area contributed by atoms with Crippen molar-refractivity contribution in [2.24, 2.45) is 22.9 Å². The van der Waals surface area contributed by atoms with Crippen molar-refractivity contribution in [3.63, 3.8) is 0 Å². The average Bonchev–Trinajstić information content (AvgIpc) is 1.98. The van der Waals surface area contributed by atoms with E-state index < -0.39 is 21.1 Å². The summed E-state index contributed by atoms with van der Waals surface area (Å²) in [6.45, 7) is 3.11. The summed E-state index contributed by atoms with van der Waals surface area (Å²) < 4.78 is 0. The van der Waals surface area contributed by atoms with E-state index in [0.29, 0.717) is 6.29 Å². The third kappa shape index (κ3) is 2050. The SMILES string of the molecule is C=CC=O.NC(N)=O.NC(N)=O.O[Si](O)(O)O. The van der Waals surface area contributed by atoms with E-state index in [1.807, 2.05) is 0 Å². The van der Waals surface area contributed by atoms with Gasteiger partial charge in [-0.1, -0.05) is 6.58 Å². The molecule has 0 atom stereocenters. The van der Waals surface area contributed by atoms with E-state index in [1.54, 1.807) is 0 Å². The monoisotopic (exact) mass is 272 g/mol. The van der Waals surface area contributed by atoms with Gasteiger partial charge in [-0.2, -0.15) is 0 Å². The Morgan fingerprint density at radius 3 is 1.00 bits per heavy atom. The number of urea groups is 2. The highest BCUT2D eigenvalue weighted by molar-refractivity contribution is 6.46. The van der Waals surface area contributed by atoms with Gasteiger partial charge in [0.05, 0.1) is 0 Å². The van der Waals surface area contributed by atoms with Crippen LogP contribution in [0.15, 0.2) is 12.7 Å². The summed E-state index contributed by atoms with van der Waals surface area (Å²) in [4.78, 5) is 56.4. The van der Waals surface area contributed by atoms with Gasteiger partial charge < -0.3 is 42.1 Å². The maximum atomic E-state index is 9.06. The van der Waals surface area contributed by atoms with Crippen LogP contribution in [0.5, 0.6) is 0 Å². The molecule has 0 unspecified atom stereocenters. The second kappa shape index (κ2) is 16.4. The first-order chi connectivity index (χ1) is 7.38. The molecular weight excluding hydrogens is 256 g/mol. The van der Waals surface area contributed by atoms with Crippen molar-refractivity contribution in [1.82, 2.24) is 0 Å². The molecule has 0 aliphatic heterocycles. The molecule has 17 heavy (non-hydrogen) atoms. The number of aldehydes is 1. The fraction of sp³-hybridized carbons (Fsp3) is 0. The van der Waals surface area contributed by atoms with Gasteiger partial charge in [-0.05, 0) is 6.08 Å². The second-order valence-corrected chi connectivity index (χ2v) is 2.98. The fourth-order valence-corrected chi connectivity index (χ4v) is 0. The second-order valence-electron chi connectivity index (χ2n) is 1.78. The van der Waals surface area contributed by atoms with E-state index in [1.165, 1.54) is 6.08 Å². The van der Waals surface area contributed by atoms with E-state index >= 15 is 0 Å². The normalized spacial score (nSPS) is 7.53. The van der Waals surface area contributed by atoms with Gasteiger partial charge in [0.15, 0.2) is 0 Å². The van der Waals surface area contributed by atoms with Crippen LogP contribution in [0, 0.1) is 0 Å². The maximum Gasteiger partial charge on any atom is 0.668 e. The van der Waals surface area contributed by atoms with Crippen molar-refractivity contribution in [3.05, 3.63) is 12.7 Å². The molecule has 0 saturated heterocycles. The fourth-order valence-electron chi connectivity index (χ4n) is 0. The van der Waals surface area contributed by atoms with Crippen LogP contribution in [0.4, 0.5) is 9.59 Å². The minimum Gasteiger partial charge on any atom is -0.368 e. The van der Waals surface area contributed by atoms with Gasteiger partial charge >= 0.3 is 21.1 Å². The predicted octanol–water partition coefficient (Wildman–Crippen LogP) is -4.19. The lowest BCUT2D eigenvalue weighted by molar-refractivity contribution is -0.104. The summed E-state index contributed by atoms with van der Waals surface area (Å²) in [7, 11) is -4.61. The highest BCUT2D eigenvalue weighted by Crippen LogP contribution is 1.67. The van der Waals surface area contributed by atoms with Crippen molar-refractivity contribution < 1.29 is 33.6 Å². The van der Waals surface area contributed by atoms with Crippen molar-refractivity contribution in [2.45, 2.75) is 0 Å². The van der Waals surface area contributed by atoms with Gasteiger partial charge in [-0.15, -0.1) is 0 Å². The Morgan fingerprint density at radius 2 is 1.00 bits per heavy atom.